The van der Waals surface area contributed by atoms with E-state index in [-0.39, 0.29) is 11.9 Å². The lowest BCUT2D eigenvalue weighted by Crippen LogP contribution is -2.37. The Hall–Kier alpha value is -2.53. The number of hydrogen-bond acceptors (Lipinski definition) is 3. The molecule has 1 aliphatic heterocycles. The number of hydrogen-bond donors (Lipinski definition) is 0. The molecule has 0 aliphatic carbocycles. The van der Waals surface area contributed by atoms with E-state index >= 15 is 0 Å². The lowest BCUT2D eigenvalue weighted by molar-refractivity contribution is 0.0724. The second kappa shape index (κ2) is 7.79. The molecular formula is C21H21N3OS. The lowest BCUT2D eigenvalue weighted by atomic mass is 10.1. The van der Waals surface area contributed by atoms with Gasteiger partial charge in [-0.15, -0.1) is 0 Å². The summed E-state index contributed by atoms with van der Waals surface area (Å²) >= 11 is 1.68. The normalized spacial score (nSPS) is 16.8. The fourth-order valence-corrected chi connectivity index (χ4v) is 4.20. The fraction of sp³-hybridized carbons (Fsp3) is 0.238. The van der Waals surface area contributed by atoms with Gasteiger partial charge in [-0.1, -0.05) is 11.8 Å². The van der Waals surface area contributed by atoms with Crippen LogP contribution >= 0.6 is 11.8 Å². The molecule has 5 heteroatoms. The third-order valence-corrected chi connectivity index (χ3v) is 5.73. The first-order chi connectivity index (χ1) is 12.8. The third kappa shape index (κ3) is 3.83. The molecule has 3 heterocycles. The molecule has 1 aliphatic rings. The van der Waals surface area contributed by atoms with Crippen molar-refractivity contribution in [3.8, 4) is 0 Å². The van der Waals surface area contributed by atoms with Crippen LogP contribution in [0.25, 0.3) is 0 Å². The minimum Gasteiger partial charge on any atom is -0.352 e. The Labute approximate surface area is 157 Å². The van der Waals surface area contributed by atoms with Crippen LogP contribution in [0.2, 0.25) is 0 Å². The van der Waals surface area contributed by atoms with Gasteiger partial charge in [-0.2, -0.15) is 0 Å². The van der Waals surface area contributed by atoms with Gasteiger partial charge in [0.2, 0.25) is 0 Å². The largest absolute Gasteiger partial charge is 0.352 e. The molecule has 0 bridgehead atoms. The monoisotopic (exact) mass is 363 g/mol. The second-order valence-corrected chi connectivity index (χ2v) is 7.63. The summed E-state index contributed by atoms with van der Waals surface area (Å²) in [5.41, 5.74) is 0.767. The number of rotatable bonds is 5. The molecular weight excluding hydrogens is 342 g/mol. The molecule has 4 nitrogen and oxygen atoms in total. The van der Waals surface area contributed by atoms with Crippen molar-refractivity contribution in [2.75, 3.05) is 6.54 Å². The number of nitrogens with zero attached hydrogens (tertiary/aromatic N) is 3. The highest BCUT2D eigenvalue weighted by molar-refractivity contribution is 7.99. The molecule has 1 amide bonds. The Morgan fingerprint density at radius 2 is 1.73 bits per heavy atom. The van der Waals surface area contributed by atoms with E-state index in [1.165, 1.54) is 0 Å². The van der Waals surface area contributed by atoms with Gasteiger partial charge in [-0.3, -0.25) is 9.78 Å². The number of carbonyl (C=O) groups excluding carboxylic acids is 1. The van der Waals surface area contributed by atoms with Crippen molar-refractivity contribution >= 4 is 17.7 Å². The summed E-state index contributed by atoms with van der Waals surface area (Å²) in [4.78, 5) is 21.3. The van der Waals surface area contributed by atoms with Gasteiger partial charge in [0.1, 0.15) is 0 Å². The van der Waals surface area contributed by atoms with Gasteiger partial charge in [0, 0.05) is 59.3 Å². The summed E-state index contributed by atoms with van der Waals surface area (Å²) in [6.45, 7) is 1.72. The molecule has 1 aromatic carbocycles. The molecule has 132 valence electrons. The van der Waals surface area contributed by atoms with Crippen LogP contribution in [0, 0.1) is 0 Å². The van der Waals surface area contributed by atoms with Gasteiger partial charge < -0.3 is 9.47 Å². The van der Waals surface area contributed by atoms with Crippen molar-refractivity contribution in [2.24, 2.45) is 0 Å². The number of benzene rings is 1. The quantitative estimate of drug-likeness (QED) is 0.677. The highest BCUT2D eigenvalue weighted by Gasteiger charge is 2.29. The molecule has 0 N–H and O–H groups in total. The minimum atomic E-state index is 0.139. The van der Waals surface area contributed by atoms with Crippen molar-refractivity contribution < 1.29 is 4.79 Å². The molecule has 0 saturated carbocycles. The van der Waals surface area contributed by atoms with E-state index in [4.69, 9.17) is 0 Å². The van der Waals surface area contributed by atoms with Crippen LogP contribution in [0.3, 0.4) is 0 Å². The van der Waals surface area contributed by atoms with E-state index in [0.29, 0.717) is 0 Å². The first-order valence-corrected chi connectivity index (χ1v) is 9.71. The predicted molar refractivity (Wildman–Crippen MR) is 103 cm³/mol. The zero-order valence-electron chi connectivity index (χ0n) is 14.5. The molecule has 1 atom stereocenters. The van der Waals surface area contributed by atoms with E-state index < -0.39 is 0 Å². The number of pyridine rings is 1. The zero-order valence-corrected chi connectivity index (χ0v) is 15.3. The average molecular weight is 363 g/mol. The first kappa shape index (κ1) is 16.9. The highest BCUT2D eigenvalue weighted by atomic mass is 32.2. The molecule has 3 aromatic rings. The van der Waals surface area contributed by atoms with Crippen LogP contribution in [-0.2, 0) is 6.54 Å². The number of likely N-dealkylation sites (tertiary alicyclic amines) is 1. The Kier molecular flexibility index (Phi) is 5.07. The van der Waals surface area contributed by atoms with Gasteiger partial charge in [0.25, 0.3) is 5.91 Å². The van der Waals surface area contributed by atoms with Crippen LogP contribution in [0.5, 0.6) is 0 Å². The van der Waals surface area contributed by atoms with E-state index in [1.54, 1.807) is 24.2 Å². The van der Waals surface area contributed by atoms with Crippen LogP contribution in [0.4, 0.5) is 0 Å². The molecule has 4 rings (SSSR count). The first-order valence-electron chi connectivity index (χ1n) is 8.89. The van der Waals surface area contributed by atoms with Crippen LogP contribution in [0.1, 0.15) is 23.2 Å². The molecule has 2 aromatic heterocycles. The SMILES string of the molecule is O=C(c1ccc(Sc2ccncc2)cc1)N1CCCC1Cn1cccc1. The third-order valence-electron chi connectivity index (χ3n) is 4.71. The van der Waals surface area contributed by atoms with Gasteiger partial charge in [0.05, 0.1) is 0 Å². The zero-order chi connectivity index (χ0) is 17.8. The number of carbonyl (C=O) groups is 1. The Balaban J connectivity index is 1.44. The molecule has 0 spiro atoms. The lowest BCUT2D eigenvalue weighted by Gasteiger charge is -2.25. The summed E-state index contributed by atoms with van der Waals surface area (Å²) in [6.07, 6.45) is 9.85. The van der Waals surface area contributed by atoms with Gasteiger partial charge >= 0.3 is 0 Å². The maximum absolute atomic E-state index is 13.0. The fourth-order valence-electron chi connectivity index (χ4n) is 3.40. The molecule has 26 heavy (non-hydrogen) atoms. The van der Waals surface area contributed by atoms with Crippen molar-refractivity contribution in [1.29, 1.82) is 0 Å². The van der Waals surface area contributed by atoms with Crippen LogP contribution in [0.15, 0.2) is 83.1 Å². The summed E-state index contributed by atoms with van der Waals surface area (Å²) in [6, 6.07) is 16.2. The van der Waals surface area contributed by atoms with E-state index in [9.17, 15) is 4.79 Å². The summed E-state index contributed by atoms with van der Waals surface area (Å²) in [7, 11) is 0. The smallest absolute Gasteiger partial charge is 0.254 e. The minimum absolute atomic E-state index is 0.139. The van der Waals surface area contributed by atoms with Gasteiger partial charge in [0.15, 0.2) is 0 Å². The van der Waals surface area contributed by atoms with Crippen molar-refractivity contribution in [3.63, 3.8) is 0 Å². The Bertz CT molecular complexity index is 847. The Morgan fingerprint density at radius 1 is 1.04 bits per heavy atom. The van der Waals surface area contributed by atoms with E-state index in [2.05, 4.69) is 21.9 Å². The molecule has 1 fully saturated rings. The van der Waals surface area contributed by atoms with Crippen molar-refractivity contribution in [2.45, 2.75) is 35.2 Å². The predicted octanol–water partition coefficient (Wildman–Crippen LogP) is 4.34. The summed E-state index contributed by atoms with van der Waals surface area (Å²) in [5, 5.41) is 0. The van der Waals surface area contributed by atoms with Crippen molar-refractivity contribution in [3.05, 3.63) is 78.9 Å². The highest BCUT2D eigenvalue weighted by Crippen LogP contribution is 2.28. The van der Waals surface area contributed by atoms with Gasteiger partial charge in [-0.05, 0) is 61.4 Å². The number of amides is 1. The number of aromatic nitrogens is 2. The molecule has 1 unspecified atom stereocenters. The Morgan fingerprint density at radius 3 is 2.46 bits per heavy atom. The standard InChI is InChI=1S/C21H21N3OS/c25-21(24-15-3-4-18(24)16-23-13-1-2-14-23)17-5-7-19(8-6-17)26-20-9-11-22-12-10-20/h1-2,5-14,18H,3-4,15-16H2. The summed E-state index contributed by atoms with van der Waals surface area (Å²) in [5.74, 6) is 0.139. The van der Waals surface area contributed by atoms with Crippen molar-refractivity contribution in [1.82, 2.24) is 14.5 Å². The maximum Gasteiger partial charge on any atom is 0.254 e. The molecule has 1 saturated heterocycles. The van der Waals surface area contributed by atoms with Crippen LogP contribution in [-0.4, -0.2) is 32.9 Å². The summed E-state index contributed by atoms with van der Waals surface area (Å²) < 4.78 is 2.16. The topological polar surface area (TPSA) is 38.1 Å². The van der Waals surface area contributed by atoms with Gasteiger partial charge in [-0.25, -0.2) is 0 Å². The van der Waals surface area contributed by atoms with E-state index in [0.717, 1.165) is 41.3 Å². The van der Waals surface area contributed by atoms with E-state index in [1.807, 2.05) is 53.4 Å². The second-order valence-electron chi connectivity index (χ2n) is 6.48. The maximum atomic E-state index is 13.0. The van der Waals surface area contributed by atoms with Crippen LogP contribution < -0.4 is 0 Å². The average Bonchev–Trinajstić information content (AvgIpc) is 3.35. The molecule has 0 radical (unpaired) electrons.